The Hall–Kier alpha value is -2.41. The Morgan fingerprint density at radius 3 is 2.41 bits per heavy atom. The molecule has 0 aromatic heterocycles. The first-order chi connectivity index (χ1) is 10.5. The number of aliphatic hydroxyl groups is 1. The summed E-state index contributed by atoms with van der Waals surface area (Å²) in [5.74, 6) is -2.04. The average Bonchev–Trinajstić information content (AvgIpc) is 2.55. The van der Waals surface area contributed by atoms with Gasteiger partial charge in [-0.15, -0.1) is 16.7 Å². The number of hydrogen-bond donors (Lipinski definition) is 1. The number of esters is 2. The molecule has 1 rings (SSSR count). The number of hydrogen-bond acceptors (Lipinski definition) is 7. The Bertz CT molecular complexity index is 596. The molecule has 0 bridgehead atoms. The molecule has 0 amide bonds. The van der Waals surface area contributed by atoms with E-state index in [-0.39, 0.29) is 18.2 Å². The molecule has 118 valence electrons. The molecule has 1 aromatic rings. The highest BCUT2D eigenvalue weighted by Gasteiger charge is 2.15. The van der Waals surface area contributed by atoms with Gasteiger partial charge in [0.1, 0.15) is 5.76 Å². The predicted molar refractivity (Wildman–Crippen MR) is 79.3 cm³/mol. The van der Waals surface area contributed by atoms with Gasteiger partial charge in [-0.05, 0) is 31.2 Å². The fourth-order valence-electron chi connectivity index (χ4n) is 1.36. The van der Waals surface area contributed by atoms with Crippen LogP contribution in [0.15, 0.2) is 46.0 Å². The van der Waals surface area contributed by atoms with Crippen LogP contribution in [0.5, 0.6) is 0 Å². The zero-order chi connectivity index (χ0) is 16.5. The van der Waals surface area contributed by atoms with Gasteiger partial charge in [0.2, 0.25) is 5.70 Å². The van der Waals surface area contributed by atoms with Crippen LogP contribution < -0.4 is 0 Å². The number of ether oxygens (including phenoxy) is 2. The number of methoxy groups -OCH3 is 1. The first-order valence-corrected chi connectivity index (χ1v) is 6.82. The molecule has 0 aliphatic rings. The van der Waals surface area contributed by atoms with E-state index in [0.29, 0.717) is 11.3 Å². The van der Waals surface area contributed by atoms with E-state index in [9.17, 15) is 14.7 Å². The van der Waals surface area contributed by atoms with E-state index in [1.54, 1.807) is 6.92 Å². The van der Waals surface area contributed by atoms with Gasteiger partial charge in [-0.25, -0.2) is 9.59 Å². The van der Waals surface area contributed by atoms with E-state index in [4.69, 9.17) is 16.3 Å². The third-order valence-corrected chi connectivity index (χ3v) is 2.68. The highest BCUT2D eigenvalue weighted by molar-refractivity contribution is 6.19. The van der Waals surface area contributed by atoms with Gasteiger partial charge in [-0.3, -0.25) is 0 Å². The second-order valence-corrected chi connectivity index (χ2v) is 4.16. The van der Waals surface area contributed by atoms with Crippen molar-refractivity contribution >= 4 is 29.2 Å². The molecule has 0 atom stereocenters. The SMILES string of the molecule is CCOC(=O)c1ccc(N=N/C(C(=O)OC)=C(\O)CCl)cc1. The lowest BCUT2D eigenvalue weighted by atomic mass is 10.2. The van der Waals surface area contributed by atoms with Crippen molar-refractivity contribution in [3.63, 3.8) is 0 Å². The Labute approximate surface area is 132 Å². The Balaban J connectivity index is 2.93. The maximum Gasteiger partial charge on any atom is 0.362 e. The molecule has 22 heavy (non-hydrogen) atoms. The molecule has 0 fully saturated rings. The first-order valence-electron chi connectivity index (χ1n) is 6.28. The predicted octanol–water partition coefficient (Wildman–Crippen LogP) is 3.13. The van der Waals surface area contributed by atoms with Gasteiger partial charge in [0.05, 0.1) is 30.8 Å². The van der Waals surface area contributed by atoms with Crippen molar-refractivity contribution in [1.82, 2.24) is 0 Å². The van der Waals surface area contributed by atoms with Crippen LogP contribution in [0.4, 0.5) is 5.69 Å². The summed E-state index contributed by atoms with van der Waals surface area (Å²) < 4.78 is 9.32. The van der Waals surface area contributed by atoms with Gasteiger partial charge >= 0.3 is 11.9 Å². The molecule has 0 unspecified atom stereocenters. The van der Waals surface area contributed by atoms with Gasteiger partial charge < -0.3 is 14.6 Å². The van der Waals surface area contributed by atoms with Crippen molar-refractivity contribution in [2.75, 3.05) is 19.6 Å². The molecule has 0 aliphatic heterocycles. The van der Waals surface area contributed by atoms with E-state index >= 15 is 0 Å². The number of azo groups is 1. The lowest BCUT2D eigenvalue weighted by Crippen LogP contribution is -2.06. The number of carbonyl (C=O) groups excluding carboxylic acids is 2. The molecule has 0 radical (unpaired) electrons. The maximum atomic E-state index is 11.5. The molecule has 8 heteroatoms. The fourth-order valence-corrected chi connectivity index (χ4v) is 1.49. The van der Waals surface area contributed by atoms with Crippen LogP contribution >= 0.6 is 11.6 Å². The van der Waals surface area contributed by atoms with Crippen LogP contribution in [0, 0.1) is 0 Å². The van der Waals surface area contributed by atoms with Crippen molar-refractivity contribution in [2.45, 2.75) is 6.92 Å². The Morgan fingerprint density at radius 1 is 1.27 bits per heavy atom. The van der Waals surface area contributed by atoms with E-state index in [0.717, 1.165) is 7.11 Å². The minimum Gasteiger partial charge on any atom is -0.508 e. The Kier molecular flexibility index (Phi) is 7.04. The summed E-state index contributed by atoms with van der Waals surface area (Å²) in [7, 11) is 1.15. The second-order valence-electron chi connectivity index (χ2n) is 3.89. The summed E-state index contributed by atoms with van der Waals surface area (Å²) >= 11 is 5.45. The molecule has 0 spiro atoms. The highest BCUT2D eigenvalue weighted by atomic mass is 35.5. The largest absolute Gasteiger partial charge is 0.508 e. The van der Waals surface area contributed by atoms with Crippen molar-refractivity contribution in [3.05, 3.63) is 41.3 Å². The number of carbonyl (C=O) groups is 2. The first kappa shape index (κ1) is 17.6. The standard InChI is InChI=1S/C14H15ClN2O5/c1-3-22-13(19)9-4-6-10(7-5-9)16-17-12(11(18)8-15)14(20)21-2/h4-7,18H,3,8H2,1-2H3/b12-11-,17-16?. The van der Waals surface area contributed by atoms with Crippen LogP contribution in [0.3, 0.4) is 0 Å². The van der Waals surface area contributed by atoms with Crippen LogP contribution in [-0.4, -0.2) is 36.6 Å². The minimum absolute atomic E-state index is 0.283. The summed E-state index contributed by atoms with van der Waals surface area (Å²) in [5.41, 5.74) is 0.358. The summed E-state index contributed by atoms with van der Waals surface area (Å²) in [6, 6.07) is 6.05. The molecule has 1 aromatic carbocycles. The quantitative estimate of drug-likeness (QED) is 0.285. The monoisotopic (exact) mass is 326 g/mol. The zero-order valence-electron chi connectivity index (χ0n) is 12.1. The minimum atomic E-state index is -0.856. The topological polar surface area (TPSA) is 97.6 Å². The zero-order valence-corrected chi connectivity index (χ0v) is 12.8. The van der Waals surface area contributed by atoms with Crippen LogP contribution in [0.2, 0.25) is 0 Å². The van der Waals surface area contributed by atoms with E-state index in [1.807, 2.05) is 0 Å². The van der Waals surface area contributed by atoms with Crippen LogP contribution in [-0.2, 0) is 14.3 Å². The summed E-state index contributed by atoms with van der Waals surface area (Å²) in [6.07, 6.45) is 0. The molecule has 7 nitrogen and oxygen atoms in total. The Morgan fingerprint density at radius 2 is 1.91 bits per heavy atom. The van der Waals surface area contributed by atoms with Crippen molar-refractivity contribution in [3.8, 4) is 0 Å². The van der Waals surface area contributed by atoms with Crippen molar-refractivity contribution in [1.29, 1.82) is 0 Å². The molecular weight excluding hydrogens is 312 g/mol. The number of benzene rings is 1. The van der Waals surface area contributed by atoms with Gasteiger partial charge in [-0.1, -0.05) is 0 Å². The third-order valence-electron chi connectivity index (χ3n) is 2.42. The molecule has 0 aliphatic carbocycles. The normalized spacial score (nSPS) is 12.0. The number of aliphatic hydroxyl groups excluding tert-OH is 1. The van der Waals surface area contributed by atoms with E-state index in [1.165, 1.54) is 24.3 Å². The third kappa shape index (κ3) is 4.85. The summed E-state index contributed by atoms with van der Waals surface area (Å²) in [6.45, 7) is 2.00. The number of rotatable bonds is 6. The maximum absolute atomic E-state index is 11.5. The highest BCUT2D eigenvalue weighted by Crippen LogP contribution is 2.17. The van der Waals surface area contributed by atoms with Crippen LogP contribution in [0.25, 0.3) is 0 Å². The fraction of sp³-hybridized carbons (Fsp3) is 0.286. The summed E-state index contributed by atoms with van der Waals surface area (Å²) in [5, 5.41) is 16.9. The van der Waals surface area contributed by atoms with Crippen LogP contribution in [0.1, 0.15) is 17.3 Å². The van der Waals surface area contributed by atoms with Gasteiger partial charge in [-0.2, -0.15) is 5.11 Å². The molecule has 0 saturated carbocycles. The smallest absolute Gasteiger partial charge is 0.362 e. The van der Waals surface area contributed by atoms with E-state index in [2.05, 4.69) is 15.0 Å². The number of alkyl halides is 1. The van der Waals surface area contributed by atoms with Gasteiger partial charge in [0, 0.05) is 0 Å². The number of nitrogens with zero attached hydrogens (tertiary/aromatic N) is 2. The van der Waals surface area contributed by atoms with Gasteiger partial charge in [0.15, 0.2) is 0 Å². The molecule has 0 heterocycles. The van der Waals surface area contributed by atoms with Crippen molar-refractivity contribution < 1.29 is 24.2 Å². The molecular formula is C14H15ClN2O5. The second kappa shape index (κ2) is 8.78. The summed E-state index contributed by atoms with van der Waals surface area (Å²) in [4.78, 5) is 22.9. The lowest BCUT2D eigenvalue weighted by Gasteiger charge is -2.02. The number of allylic oxidation sites excluding steroid dienone is 1. The van der Waals surface area contributed by atoms with E-state index < -0.39 is 17.7 Å². The van der Waals surface area contributed by atoms with Gasteiger partial charge in [0.25, 0.3) is 0 Å². The molecule has 1 N–H and O–H groups in total. The van der Waals surface area contributed by atoms with Crippen molar-refractivity contribution in [2.24, 2.45) is 10.2 Å². The molecule has 0 saturated heterocycles. The lowest BCUT2D eigenvalue weighted by molar-refractivity contribution is -0.136. The number of halogens is 1. The average molecular weight is 327 g/mol.